The van der Waals surface area contributed by atoms with Crippen LogP contribution in [0.15, 0.2) is 12.3 Å². The van der Waals surface area contributed by atoms with Crippen LogP contribution in [0.3, 0.4) is 0 Å². The average Bonchev–Trinajstić information content (AvgIpc) is 2.74. The van der Waals surface area contributed by atoms with Gasteiger partial charge in [0, 0.05) is 13.1 Å². The summed E-state index contributed by atoms with van der Waals surface area (Å²) in [6, 6.07) is 1.53. The number of hydrogen-bond donors (Lipinski definition) is 1. The Bertz CT molecular complexity index is 388. The minimum absolute atomic E-state index is 0.0469. The molecule has 1 fully saturated rings. The molecule has 0 aliphatic carbocycles. The van der Waals surface area contributed by atoms with Gasteiger partial charge >= 0.3 is 0 Å². The van der Waals surface area contributed by atoms with Crippen molar-refractivity contribution in [1.82, 2.24) is 9.88 Å². The Kier molecular flexibility index (Phi) is 2.77. The molecule has 1 aromatic rings. The largest absolute Gasteiger partial charge is 0.397 e. The van der Waals surface area contributed by atoms with Crippen LogP contribution in [0.5, 0.6) is 0 Å². The molecule has 1 amide bonds. The summed E-state index contributed by atoms with van der Waals surface area (Å²) < 4.78 is 0. The predicted octanol–water partition coefficient (Wildman–Crippen LogP) is 1.55. The van der Waals surface area contributed by atoms with Gasteiger partial charge in [-0.2, -0.15) is 0 Å². The van der Waals surface area contributed by atoms with Gasteiger partial charge in [-0.3, -0.25) is 4.79 Å². The standard InChI is InChI=1S/C10H12ClN3O/c11-9-5-7(8(12)6-13-9)10(15)14-3-1-2-4-14/h5-6H,1-4,12H2. The van der Waals surface area contributed by atoms with Crippen molar-refractivity contribution in [2.45, 2.75) is 12.8 Å². The van der Waals surface area contributed by atoms with E-state index in [0.29, 0.717) is 16.4 Å². The third kappa shape index (κ3) is 2.04. The fraction of sp³-hybridized carbons (Fsp3) is 0.400. The van der Waals surface area contributed by atoms with Gasteiger partial charge in [-0.15, -0.1) is 0 Å². The second kappa shape index (κ2) is 4.06. The summed E-state index contributed by atoms with van der Waals surface area (Å²) in [5.74, 6) is -0.0469. The molecule has 2 heterocycles. The number of halogens is 1. The number of aromatic nitrogens is 1. The molecular weight excluding hydrogens is 214 g/mol. The van der Waals surface area contributed by atoms with Gasteiger partial charge in [0.05, 0.1) is 17.4 Å². The molecule has 80 valence electrons. The summed E-state index contributed by atoms with van der Waals surface area (Å²) in [6.07, 6.45) is 3.54. The van der Waals surface area contributed by atoms with Crippen molar-refractivity contribution in [2.75, 3.05) is 18.8 Å². The Labute approximate surface area is 93.0 Å². The molecule has 0 spiro atoms. The van der Waals surface area contributed by atoms with Crippen LogP contribution in [-0.2, 0) is 0 Å². The van der Waals surface area contributed by atoms with E-state index in [1.807, 2.05) is 0 Å². The first-order chi connectivity index (χ1) is 7.18. The Morgan fingerprint density at radius 1 is 1.47 bits per heavy atom. The number of nitrogens with two attached hydrogens (primary N) is 1. The SMILES string of the molecule is Nc1cnc(Cl)cc1C(=O)N1CCCC1. The summed E-state index contributed by atoms with van der Waals surface area (Å²) in [5, 5.41) is 0.298. The van der Waals surface area contributed by atoms with Gasteiger partial charge in [0.2, 0.25) is 0 Å². The van der Waals surface area contributed by atoms with Crippen molar-refractivity contribution in [3.8, 4) is 0 Å². The van der Waals surface area contributed by atoms with Gasteiger partial charge in [-0.05, 0) is 18.9 Å². The number of anilines is 1. The zero-order valence-electron chi connectivity index (χ0n) is 8.24. The summed E-state index contributed by atoms with van der Waals surface area (Å²) in [4.78, 5) is 17.6. The van der Waals surface area contributed by atoms with Crippen LogP contribution in [0.1, 0.15) is 23.2 Å². The topological polar surface area (TPSA) is 59.2 Å². The van der Waals surface area contributed by atoms with E-state index in [4.69, 9.17) is 17.3 Å². The Hall–Kier alpha value is -1.29. The number of nitrogen functional groups attached to an aromatic ring is 1. The maximum atomic E-state index is 12.0. The van der Waals surface area contributed by atoms with Crippen LogP contribution in [0.2, 0.25) is 5.15 Å². The van der Waals surface area contributed by atoms with Gasteiger partial charge in [0.25, 0.3) is 5.91 Å². The summed E-state index contributed by atoms with van der Waals surface area (Å²) >= 11 is 5.73. The van der Waals surface area contributed by atoms with E-state index in [1.165, 1.54) is 12.3 Å². The molecule has 0 bridgehead atoms. The van der Waals surface area contributed by atoms with Gasteiger partial charge in [-0.1, -0.05) is 11.6 Å². The van der Waals surface area contributed by atoms with Gasteiger partial charge in [-0.25, -0.2) is 4.98 Å². The van der Waals surface area contributed by atoms with Crippen LogP contribution >= 0.6 is 11.6 Å². The smallest absolute Gasteiger partial charge is 0.256 e. The second-order valence-corrected chi connectivity index (χ2v) is 3.98. The zero-order valence-corrected chi connectivity index (χ0v) is 9.00. The number of amides is 1. The van der Waals surface area contributed by atoms with Crippen molar-refractivity contribution in [1.29, 1.82) is 0 Å². The first-order valence-electron chi connectivity index (χ1n) is 4.89. The monoisotopic (exact) mass is 225 g/mol. The third-order valence-corrected chi connectivity index (χ3v) is 2.73. The maximum absolute atomic E-state index is 12.0. The van der Waals surface area contributed by atoms with E-state index in [-0.39, 0.29) is 5.91 Å². The normalized spacial score (nSPS) is 15.7. The first kappa shape index (κ1) is 10.2. The average molecular weight is 226 g/mol. The Morgan fingerprint density at radius 2 is 2.13 bits per heavy atom. The van der Waals surface area contributed by atoms with Gasteiger partial charge < -0.3 is 10.6 Å². The molecule has 1 aliphatic heterocycles. The minimum Gasteiger partial charge on any atom is -0.397 e. The van der Waals surface area contributed by atoms with E-state index in [9.17, 15) is 4.79 Å². The number of nitrogens with zero attached hydrogens (tertiary/aromatic N) is 2. The van der Waals surface area contributed by atoms with Crippen LogP contribution in [0.4, 0.5) is 5.69 Å². The molecule has 5 heteroatoms. The zero-order chi connectivity index (χ0) is 10.8. The lowest BCUT2D eigenvalue weighted by Crippen LogP contribution is -2.28. The molecule has 2 N–H and O–H groups in total. The summed E-state index contributed by atoms with van der Waals surface area (Å²) in [5.41, 5.74) is 6.53. The number of carbonyl (C=O) groups is 1. The fourth-order valence-corrected chi connectivity index (χ4v) is 1.87. The van der Waals surface area contributed by atoms with Crippen LogP contribution in [0, 0.1) is 0 Å². The minimum atomic E-state index is -0.0469. The highest BCUT2D eigenvalue weighted by Gasteiger charge is 2.21. The lowest BCUT2D eigenvalue weighted by Gasteiger charge is -2.16. The van der Waals surface area contributed by atoms with E-state index < -0.39 is 0 Å². The van der Waals surface area contributed by atoms with E-state index in [1.54, 1.807) is 4.90 Å². The third-order valence-electron chi connectivity index (χ3n) is 2.53. The second-order valence-electron chi connectivity index (χ2n) is 3.59. The molecule has 0 saturated carbocycles. The number of rotatable bonds is 1. The molecule has 0 atom stereocenters. The van der Waals surface area contributed by atoms with E-state index >= 15 is 0 Å². The molecule has 15 heavy (non-hydrogen) atoms. The fourth-order valence-electron chi connectivity index (χ4n) is 1.72. The molecule has 0 radical (unpaired) electrons. The number of carbonyl (C=O) groups excluding carboxylic acids is 1. The highest BCUT2D eigenvalue weighted by atomic mass is 35.5. The lowest BCUT2D eigenvalue weighted by molar-refractivity contribution is 0.0794. The van der Waals surface area contributed by atoms with Crippen LogP contribution < -0.4 is 5.73 Å². The molecular formula is C10H12ClN3O. The van der Waals surface area contributed by atoms with E-state index in [0.717, 1.165) is 25.9 Å². The quantitative estimate of drug-likeness (QED) is 0.738. The summed E-state index contributed by atoms with van der Waals surface area (Å²) in [7, 11) is 0. The van der Waals surface area contributed by atoms with Crippen LogP contribution in [0.25, 0.3) is 0 Å². The molecule has 0 aromatic carbocycles. The molecule has 0 unspecified atom stereocenters. The van der Waals surface area contributed by atoms with Crippen molar-refractivity contribution in [2.24, 2.45) is 0 Å². The molecule has 1 aromatic heterocycles. The molecule has 4 nitrogen and oxygen atoms in total. The lowest BCUT2D eigenvalue weighted by atomic mass is 10.2. The number of pyridine rings is 1. The Morgan fingerprint density at radius 3 is 2.80 bits per heavy atom. The number of likely N-dealkylation sites (tertiary alicyclic amines) is 1. The van der Waals surface area contributed by atoms with Crippen molar-refractivity contribution in [3.63, 3.8) is 0 Å². The molecule has 1 saturated heterocycles. The van der Waals surface area contributed by atoms with Crippen molar-refractivity contribution >= 4 is 23.2 Å². The molecule has 1 aliphatic rings. The first-order valence-corrected chi connectivity index (χ1v) is 5.26. The number of hydrogen-bond acceptors (Lipinski definition) is 3. The van der Waals surface area contributed by atoms with Crippen molar-refractivity contribution < 1.29 is 4.79 Å². The predicted molar refractivity (Wildman–Crippen MR) is 58.8 cm³/mol. The van der Waals surface area contributed by atoms with Gasteiger partial charge in [0.1, 0.15) is 5.15 Å². The van der Waals surface area contributed by atoms with Crippen molar-refractivity contribution in [3.05, 3.63) is 23.0 Å². The Balaban J connectivity index is 2.27. The van der Waals surface area contributed by atoms with Crippen LogP contribution in [-0.4, -0.2) is 28.9 Å². The van der Waals surface area contributed by atoms with Gasteiger partial charge in [0.15, 0.2) is 0 Å². The highest BCUT2D eigenvalue weighted by Crippen LogP contribution is 2.19. The highest BCUT2D eigenvalue weighted by molar-refractivity contribution is 6.29. The maximum Gasteiger partial charge on any atom is 0.256 e. The summed E-state index contributed by atoms with van der Waals surface area (Å²) in [6.45, 7) is 1.61. The van der Waals surface area contributed by atoms with E-state index in [2.05, 4.69) is 4.98 Å². The molecule has 2 rings (SSSR count).